The Kier molecular flexibility index (Phi) is 3.84. The molecule has 1 aromatic carbocycles. The van der Waals surface area contributed by atoms with Crippen molar-refractivity contribution in [2.75, 3.05) is 13.7 Å². The van der Waals surface area contributed by atoms with E-state index in [9.17, 15) is 5.11 Å². The highest BCUT2D eigenvalue weighted by Crippen LogP contribution is 2.32. The highest BCUT2D eigenvalue weighted by atomic mass is 79.9. The van der Waals surface area contributed by atoms with E-state index in [4.69, 9.17) is 4.74 Å². The summed E-state index contributed by atoms with van der Waals surface area (Å²) in [4.78, 5) is 0. The number of hydrogen-bond donors (Lipinski definition) is 2. The van der Waals surface area contributed by atoms with Crippen molar-refractivity contribution >= 4 is 15.9 Å². The number of methoxy groups -OCH3 is 1. The third-order valence-corrected chi connectivity index (χ3v) is 3.48. The first-order valence-electron chi connectivity index (χ1n) is 5.47. The van der Waals surface area contributed by atoms with Crippen molar-refractivity contribution in [2.24, 2.45) is 0 Å². The highest BCUT2D eigenvalue weighted by molar-refractivity contribution is 9.10. The Labute approximate surface area is 104 Å². The second kappa shape index (κ2) is 5.17. The molecule has 0 aliphatic carbocycles. The fourth-order valence-electron chi connectivity index (χ4n) is 2.13. The van der Waals surface area contributed by atoms with Gasteiger partial charge in [0.15, 0.2) is 0 Å². The van der Waals surface area contributed by atoms with Crippen molar-refractivity contribution in [3.63, 3.8) is 0 Å². The number of aliphatic hydroxyl groups is 1. The van der Waals surface area contributed by atoms with Crippen LogP contribution in [-0.4, -0.2) is 24.8 Å². The molecule has 0 amide bonds. The maximum Gasteiger partial charge on any atom is 0.124 e. The first-order chi connectivity index (χ1) is 7.72. The normalized spacial score (nSPS) is 22.1. The minimum Gasteiger partial charge on any atom is -0.496 e. The van der Waals surface area contributed by atoms with Gasteiger partial charge in [0.25, 0.3) is 0 Å². The van der Waals surface area contributed by atoms with Gasteiger partial charge in [-0.3, -0.25) is 0 Å². The van der Waals surface area contributed by atoms with Crippen LogP contribution < -0.4 is 10.1 Å². The summed E-state index contributed by atoms with van der Waals surface area (Å²) in [6.07, 6.45) is 1.63. The summed E-state index contributed by atoms with van der Waals surface area (Å²) >= 11 is 3.42. The van der Waals surface area contributed by atoms with Crippen molar-refractivity contribution < 1.29 is 9.84 Å². The van der Waals surface area contributed by atoms with Crippen LogP contribution in [0.2, 0.25) is 0 Å². The molecule has 1 aliphatic rings. The average Bonchev–Trinajstić information content (AvgIpc) is 2.81. The minimum absolute atomic E-state index is 0.142. The van der Waals surface area contributed by atoms with Crippen molar-refractivity contribution in [2.45, 2.75) is 25.0 Å². The Bertz CT molecular complexity index is 364. The SMILES string of the molecule is COc1ccc(Br)cc1C(O)C1CCCN1. The van der Waals surface area contributed by atoms with Crippen LogP contribution in [0.4, 0.5) is 0 Å². The summed E-state index contributed by atoms with van der Waals surface area (Å²) in [5.74, 6) is 0.740. The number of nitrogens with one attached hydrogen (secondary N) is 1. The summed E-state index contributed by atoms with van der Waals surface area (Å²) in [7, 11) is 1.63. The molecule has 4 heteroatoms. The molecule has 2 unspecified atom stereocenters. The molecule has 16 heavy (non-hydrogen) atoms. The Balaban J connectivity index is 2.26. The van der Waals surface area contributed by atoms with Gasteiger partial charge in [-0.05, 0) is 37.6 Å². The molecule has 1 aromatic rings. The molecule has 0 aromatic heterocycles. The summed E-state index contributed by atoms with van der Waals surface area (Å²) in [6.45, 7) is 0.984. The zero-order valence-corrected chi connectivity index (χ0v) is 10.8. The summed E-state index contributed by atoms with van der Waals surface area (Å²) in [5.41, 5.74) is 0.844. The van der Waals surface area contributed by atoms with Gasteiger partial charge in [-0.2, -0.15) is 0 Å². The van der Waals surface area contributed by atoms with Crippen molar-refractivity contribution in [3.05, 3.63) is 28.2 Å². The first kappa shape index (κ1) is 11.9. The Morgan fingerprint density at radius 2 is 2.38 bits per heavy atom. The lowest BCUT2D eigenvalue weighted by atomic mass is 10.0. The predicted octanol–water partition coefficient (Wildman–Crippen LogP) is 2.24. The molecule has 0 bridgehead atoms. The lowest BCUT2D eigenvalue weighted by Gasteiger charge is -2.21. The predicted molar refractivity (Wildman–Crippen MR) is 66.7 cm³/mol. The van der Waals surface area contributed by atoms with Gasteiger partial charge in [-0.1, -0.05) is 15.9 Å². The standard InChI is InChI=1S/C12H16BrNO2/c1-16-11-5-4-8(13)7-9(11)12(15)10-3-2-6-14-10/h4-5,7,10,12,14-15H,2-3,6H2,1H3. The highest BCUT2D eigenvalue weighted by Gasteiger charge is 2.26. The van der Waals surface area contributed by atoms with E-state index in [1.165, 1.54) is 0 Å². The van der Waals surface area contributed by atoms with Gasteiger partial charge in [0.2, 0.25) is 0 Å². The monoisotopic (exact) mass is 285 g/mol. The molecule has 0 spiro atoms. The van der Waals surface area contributed by atoms with E-state index in [2.05, 4.69) is 21.2 Å². The molecule has 1 saturated heterocycles. The van der Waals surface area contributed by atoms with E-state index in [1.54, 1.807) is 7.11 Å². The second-order valence-corrected chi connectivity index (χ2v) is 4.95. The fourth-order valence-corrected chi connectivity index (χ4v) is 2.51. The van der Waals surface area contributed by atoms with Crippen LogP contribution in [0.3, 0.4) is 0 Å². The Morgan fingerprint density at radius 3 is 3.00 bits per heavy atom. The van der Waals surface area contributed by atoms with Crippen LogP contribution >= 0.6 is 15.9 Å². The number of ether oxygens (including phenoxy) is 1. The Morgan fingerprint density at radius 1 is 1.56 bits per heavy atom. The van der Waals surface area contributed by atoms with Gasteiger partial charge in [0.05, 0.1) is 13.2 Å². The van der Waals surface area contributed by atoms with E-state index >= 15 is 0 Å². The van der Waals surface area contributed by atoms with Gasteiger partial charge in [-0.15, -0.1) is 0 Å². The van der Waals surface area contributed by atoms with E-state index in [1.807, 2.05) is 18.2 Å². The van der Waals surface area contributed by atoms with Crippen LogP contribution in [0.25, 0.3) is 0 Å². The molecule has 3 nitrogen and oxygen atoms in total. The lowest BCUT2D eigenvalue weighted by Crippen LogP contribution is -2.28. The molecular formula is C12H16BrNO2. The Hall–Kier alpha value is -0.580. The minimum atomic E-state index is -0.505. The van der Waals surface area contributed by atoms with Crippen molar-refractivity contribution in [3.8, 4) is 5.75 Å². The zero-order valence-electron chi connectivity index (χ0n) is 9.24. The molecule has 0 radical (unpaired) electrons. The number of hydrogen-bond acceptors (Lipinski definition) is 3. The molecule has 2 rings (SSSR count). The molecule has 1 aliphatic heterocycles. The smallest absolute Gasteiger partial charge is 0.124 e. The summed E-state index contributed by atoms with van der Waals surface area (Å²) < 4.78 is 6.23. The van der Waals surface area contributed by atoms with E-state index in [0.29, 0.717) is 0 Å². The third kappa shape index (κ3) is 2.39. The summed E-state index contributed by atoms with van der Waals surface area (Å²) in [6, 6.07) is 5.85. The average molecular weight is 286 g/mol. The van der Waals surface area contributed by atoms with Crippen LogP contribution in [-0.2, 0) is 0 Å². The van der Waals surface area contributed by atoms with Gasteiger partial charge in [0, 0.05) is 16.1 Å². The summed E-state index contributed by atoms with van der Waals surface area (Å²) in [5, 5.41) is 13.6. The molecule has 0 saturated carbocycles. The molecule has 2 N–H and O–H groups in total. The van der Waals surface area contributed by atoms with Gasteiger partial charge in [-0.25, -0.2) is 0 Å². The molecule has 2 atom stereocenters. The van der Waals surface area contributed by atoms with Gasteiger partial charge >= 0.3 is 0 Å². The van der Waals surface area contributed by atoms with Crippen LogP contribution in [0, 0.1) is 0 Å². The quantitative estimate of drug-likeness (QED) is 0.895. The maximum atomic E-state index is 10.3. The van der Waals surface area contributed by atoms with Gasteiger partial charge < -0.3 is 15.2 Å². The lowest BCUT2D eigenvalue weighted by molar-refractivity contribution is 0.134. The third-order valence-electron chi connectivity index (χ3n) is 2.99. The van der Waals surface area contributed by atoms with Gasteiger partial charge in [0.1, 0.15) is 5.75 Å². The maximum absolute atomic E-state index is 10.3. The van der Waals surface area contributed by atoms with E-state index in [0.717, 1.165) is 35.2 Å². The van der Waals surface area contributed by atoms with Crippen LogP contribution in [0.5, 0.6) is 5.75 Å². The molecule has 1 fully saturated rings. The number of aliphatic hydroxyl groups excluding tert-OH is 1. The van der Waals surface area contributed by atoms with E-state index < -0.39 is 6.10 Å². The molecule has 88 valence electrons. The first-order valence-corrected chi connectivity index (χ1v) is 6.26. The largest absolute Gasteiger partial charge is 0.496 e. The number of rotatable bonds is 3. The number of benzene rings is 1. The fraction of sp³-hybridized carbons (Fsp3) is 0.500. The second-order valence-electron chi connectivity index (χ2n) is 4.03. The van der Waals surface area contributed by atoms with Crippen LogP contribution in [0.15, 0.2) is 22.7 Å². The molecule has 1 heterocycles. The van der Waals surface area contributed by atoms with E-state index in [-0.39, 0.29) is 6.04 Å². The molecular weight excluding hydrogens is 270 g/mol. The topological polar surface area (TPSA) is 41.5 Å². The van der Waals surface area contributed by atoms with Crippen molar-refractivity contribution in [1.82, 2.24) is 5.32 Å². The zero-order chi connectivity index (χ0) is 11.5. The van der Waals surface area contributed by atoms with Crippen LogP contribution in [0.1, 0.15) is 24.5 Å². The number of halogens is 1. The van der Waals surface area contributed by atoms with Crippen molar-refractivity contribution in [1.29, 1.82) is 0 Å².